The summed E-state index contributed by atoms with van der Waals surface area (Å²) in [5.74, 6) is 0.587. The highest BCUT2D eigenvalue weighted by atomic mass is 32.2. The topological polar surface area (TPSA) is 55.6 Å². The number of hydrogen-bond acceptors (Lipinski definition) is 5. The third-order valence-corrected chi connectivity index (χ3v) is 4.68. The van der Waals surface area contributed by atoms with Gasteiger partial charge in [0.15, 0.2) is 0 Å². The Bertz CT molecular complexity index is 405. The fourth-order valence-corrected chi connectivity index (χ4v) is 2.85. The second-order valence-electron chi connectivity index (χ2n) is 6.67. The summed E-state index contributed by atoms with van der Waals surface area (Å²) in [6, 6.07) is 0.542. The monoisotopic (exact) mass is 283 g/mol. The van der Waals surface area contributed by atoms with E-state index in [9.17, 15) is 0 Å². The first-order valence-electron chi connectivity index (χ1n) is 7.06. The van der Waals surface area contributed by atoms with Crippen molar-refractivity contribution in [3.05, 3.63) is 0 Å². The summed E-state index contributed by atoms with van der Waals surface area (Å²) < 4.78 is 2.00. The smallest absolute Gasteiger partial charge is 0.209 e. The van der Waals surface area contributed by atoms with Crippen LogP contribution in [0.2, 0.25) is 0 Å². The molecule has 1 aromatic heterocycles. The zero-order valence-corrected chi connectivity index (χ0v) is 13.4. The van der Waals surface area contributed by atoms with E-state index in [-0.39, 0.29) is 5.54 Å². The van der Waals surface area contributed by atoms with Gasteiger partial charge in [-0.1, -0.05) is 25.6 Å². The van der Waals surface area contributed by atoms with Crippen LogP contribution >= 0.6 is 11.8 Å². The molecule has 2 rings (SSSR count). The summed E-state index contributed by atoms with van der Waals surface area (Å²) in [4.78, 5) is 0. The molecule has 5 nitrogen and oxygen atoms in total. The molecule has 1 atom stereocenters. The lowest BCUT2D eigenvalue weighted by atomic mass is 10.1. The van der Waals surface area contributed by atoms with E-state index in [1.165, 1.54) is 12.8 Å². The SMILES string of the molecule is CC(C)C(CNC(C)(C)C)Sc1nnnn1C1CC1. The maximum absolute atomic E-state index is 4.18. The number of tetrazole rings is 1. The Labute approximate surface area is 119 Å². The van der Waals surface area contributed by atoms with Crippen molar-refractivity contribution in [2.75, 3.05) is 6.54 Å². The van der Waals surface area contributed by atoms with Crippen molar-refractivity contribution < 1.29 is 0 Å². The highest BCUT2D eigenvalue weighted by Crippen LogP contribution is 2.37. The first kappa shape index (κ1) is 14.8. The van der Waals surface area contributed by atoms with E-state index in [0.29, 0.717) is 17.2 Å². The Morgan fingerprint density at radius 2 is 2.05 bits per heavy atom. The van der Waals surface area contributed by atoms with E-state index in [2.05, 4.69) is 55.5 Å². The standard InChI is InChI=1S/C13H25N5S/c1-9(2)11(8-14-13(3,4)5)19-12-15-16-17-18(12)10-6-7-10/h9-11,14H,6-8H2,1-5H3. The van der Waals surface area contributed by atoms with E-state index in [1.54, 1.807) is 11.8 Å². The van der Waals surface area contributed by atoms with Crippen molar-refractivity contribution in [1.82, 2.24) is 25.5 Å². The largest absolute Gasteiger partial charge is 0.311 e. The lowest BCUT2D eigenvalue weighted by Gasteiger charge is -2.26. The van der Waals surface area contributed by atoms with Gasteiger partial charge in [0.2, 0.25) is 5.16 Å². The molecule has 1 fully saturated rings. The minimum Gasteiger partial charge on any atom is -0.311 e. The maximum atomic E-state index is 4.18. The normalized spacial score (nSPS) is 18.0. The van der Waals surface area contributed by atoms with Gasteiger partial charge in [0, 0.05) is 17.3 Å². The quantitative estimate of drug-likeness (QED) is 0.813. The molecule has 1 aromatic rings. The average molecular weight is 283 g/mol. The zero-order chi connectivity index (χ0) is 14.0. The van der Waals surface area contributed by atoms with Gasteiger partial charge in [-0.05, 0) is 50.0 Å². The molecule has 0 radical (unpaired) electrons. The summed E-state index contributed by atoms with van der Waals surface area (Å²) >= 11 is 1.80. The molecule has 0 bridgehead atoms. The number of hydrogen-bond donors (Lipinski definition) is 1. The van der Waals surface area contributed by atoms with Gasteiger partial charge in [0.1, 0.15) is 0 Å². The molecule has 6 heteroatoms. The van der Waals surface area contributed by atoms with Gasteiger partial charge in [-0.3, -0.25) is 0 Å². The number of aromatic nitrogens is 4. The predicted molar refractivity (Wildman–Crippen MR) is 78.3 cm³/mol. The van der Waals surface area contributed by atoms with Crippen LogP contribution in [0, 0.1) is 5.92 Å². The summed E-state index contributed by atoms with van der Waals surface area (Å²) in [6.45, 7) is 12.1. The summed E-state index contributed by atoms with van der Waals surface area (Å²) in [5.41, 5.74) is 0.149. The average Bonchev–Trinajstić information content (AvgIpc) is 3.03. The van der Waals surface area contributed by atoms with Crippen molar-refractivity contribution in [2.24, 2.45) is 5.92 Å². The molecule has 1 aliphatic carbocycles. The Morgan fingerprint density at radius 3 is 2.58 bits per heavy atom. The second kappa shape index (κ2) is 5.79. The summed E-state index contributed by atoms with van der Waals surface area (Å²) in [5, 5.41) is 17.2. The van der Waals surface area contributed by atoms with Crippen molar-refractivity contribution in [3.8, 4) is 0 Å². The Morgan fingerprint density at radius 1 is 1.37 bits per heavy atom. The minimum absolute atomic E-state index is 0.149. The highest BCUT2D eigenvalue weighted by Gasteiger charge is 2.29. The fourth-order valence-electron chi connectivity index (χ4n) is 1.77. The second-order valence-corrected chi connectivity index (χ2v) is 7.87. The molecule has 19 heavy (non-hydrogen) atoms. The van der Waals surface area contributed by atoms with E-state index in [4.69, 9.17) is 0 Å². The molecule has 0 aliphatic heterocycles. The number of nitrogens with one attached hydrogen (secondary N) is 1. The zero-order valence-electron chi connectivity index (χ0n) is 12.6. The van der Waals surface area contributed by atoms with Gasteiger partial charge in [0.25, 0.3) is 0 Å². The number of rotatable bonds is 6. The summed E-state index contributed by atoms with van der Waals surface area (Å²) in [6.07, 6.45) is 2.43. The Balaban J connectivity index is 1.97. The molecule has 1 N–H and O–H groups in total. The molecule has 1 unspecified atom stereocenters. The molecular formula is C13H25N5S. The summed E-state index contributed by atoms with van der Waals surface area (Å²) in [7, 11) is 0. The van der Waals surface area contributed by atoms with E-state index in [0.717, 1.165) is 11.7 Å². The van der Waals surface area contributed by atoms with Gasteiger partial charge in [-0.25, -0.2) is 4.68 Å². The first-order valence-corrected chi connectivity index (χ1v) is 7.94. The van der Waals surface area contributed by atoms with Crippen LogP contribution in [0.15, 0.2) is 5.16 Å². The van der Waals surface area contributed by atoms with Crippen LogP contribution in [-0.2, 0) is 0 Å². The van der Waals surface area contributed by atoms with Gasteiger partial charge in [0.05, 0.1) is 6.04 Å². The molecular weight excluding hydrogens is 258 g/mol. The van der Waals surface area contributed by atoms with Crippen LogP contribution in [0.1, 0.15) is 53.5 Å². The predicted octanol–water partition coefficient (Wildman–Crippen LogP) is 2.51. The highest BCUT2D eigenvalue weighted by molar-refractivity contribution is 7.99. The molecule has 0 spiro atoms. The lowest BCUT2D eigenvalue weighted by molar-refractivity contribution is 0.407. The molecule has 1 saturated carbocycles. The van der Waals surface area contributed by atoms with Crippen molar-refractivity contribution in [3.63, 3.8) is 0 Å². The van der Waals surface area contributed by atoms with Crippen molar-refractivity contribution in [1.29, 1.82) is 0 Å². The van der Waals surface area contributed by atoms with Crippen molar-refractivity contribution in [2.45, 2.75) is 69.4 Å². The molecule has 108 valence electrons. The van der Waals surface area contributed by atoms with Crippen LogP contribution in [0.25, 0.3) is 0 Å². The Hall–Kier alpha value is -0.620. The van der Waals surface area contributed by atoms with Crippen LogP contribution in [-0.4, -0.2) is 37.5 Å². The maximum Gasteiger partial charge on any atom is 0.209 e. The van der Waals surface area contributed by atoms with Gasteiger partial charge in [-0.2, -0.15) is 0 Å². The van der Waals surface area contributed by atoms with Crippen LogP contribution in [0.3, 0.4) is 0 Å². The molecule has 1 heterocycles. The van der Waals surface area contributed by atoms with E-state index in [1.807, 2.05) is 4.68 Å². The third-order valence-electron chi connectivity index (χ3n) is 3.19. The molecule has 1 aliphatic rings. The molecule has 0 aromatic carbocycles. The fraction of sp³-hybridized carbons (Fsp3) is 0.923. The van der Waals surface area contributed by atoms with Gasteiger partial charge < -0.3 is 5.32 Å². The third kappa shape index (κ3) is 4.45. The van der Waals surface area contributed by atoms with Gasteiger partial charge in [-0.15, -0.1) is 5.10 Å². The number of thioether (sulfide) groups is 1. The van der Waals surface area contributed by atoms with E-state index < -0.39 is 0 Å². The van der Waals surface area contributed by atoms with Crippen LogP contribution < -0.4 is 5.32 Å². The van der Waals surface area contributed by atoms with Crippen LogP contribution in [0.4, 0.5) is 0 Å². The van der Waals surface area contributed by atoms with Crippen LogP contribution in [0.5, 0.6) is 0 Å². The Kier molecular flexibility index (Phi) is 4.50. The number of nitrogens with zero attached hydrogens (tertiary/aromatic N) is 4. The molecule has 0 amide bonds. The lowest BCUT2D eigenvalue weighted by Crippen LogP contribution is -2.41. The van der Waals surface area contributed by atoms with E-state index >= 15 is 0 Å². The van der Waals surface area contributed by atoms with Crippen molar-refractivity contribution >= 4 is 11.8 Å². The minimum atomic E-state index is 0.149. The van der Waals surface area contributed by atoms with Gasteiger partial charge >= 0.3 is 0 Å². The molecule has 0 saturated heterocycles. The first-order chi connectivity index (χ1) is 8.87.